The minimum absolute atomic E-state index is 0.0736. The average molecular weight is 376 g/mol. The Morgan fingerprint density at radius 3 is 2.56 bits per heavy atom. The van der Waals surface area contributed by atoms with Gasteiger partial charge in [-0.2, -0.15) is 0 Å². The van der Waals surface area contributed by atoms with E-state index in [0.717, 1.165) is 63.6 Å². The molecule has 4 rings (SSSR count). The van der Waals surface area contributed by atoms with E-state index in [2.05, 4.69) is 40.3 Å². The summed E-state index contributed by atoms with van der Waals surface area (Å²) in [5.74, 6) is 0.512. The molecule has 3 saturated heterocycles. The smallest absolute Gasteiger partial charge is 0.133 e. The Kier molecular flexibility index (Phi) is 5.95. The Balaban J connectivity index is 1.47. The topological polar surface area (TPSA) is 43.4 Å². The number of anilines is 1. The number of alkyl halides is 1. The first kappa shape index (κ1) is 19.1. The van der Waals surface area contributed by atoms with Crippen LogP contribution in [0.25, 0.3) is 0 Å². The van der Waals surface area contributed by atoms with Crippen molar-refractivity contribution in [1.82, 2.24) is 20.5 Å². The van der Waals surface area contributed by atoms with Gasteiger partial charge in [0.25, 0.3) is 0 Å². The van der Waals surface area contributed by atoms with Gasteiger partial charge in [-0.05, 0) is 51.3 Å². The van der Waals surface area contributed by atoms with Crippen molar-refractivity contribution >= 4 is 5.69 Å². The summed E-state index contributed by atoms with van der Waals surface area (Å²) in [6.45, 7) is 11.7. The molecular formula is C21H34FN5. The molecule has 27 heavy (non-hydrogen) atoms. The molecule has 1 aromatic rings. The number of pyridine rings is 1. The van der Waals surface area contributed by atoms with Gasteiger partial charge in [-0.25, -0.2) is 4.39 Å². The maximum atomic E-state index is 15.1. The number of piperidine rings is 2. The second kappa shape index (κ2) is 8.41. The molecule has 1 unspecified atom stereocenters. The van der Waals surface area contributed by atoms with Crippen molar-refractivity contribution < 1.29 is 4.39 Å². The molecule has 0 radical (unpaired) electrons. The third-order valence-electron chi connectivity index (χ3n) is 6.54. The molecule has 3 aliphatic rings. The number of aromatic nitrogens is 1. The monoisotopic (exact) mass is 375 g/mol. The van der Waals surface area contributed by atoms with Crippen LogP contribution in [0.3, 0.4) is 0 Å². The predicted molar refractivity (Wildman–Crippen MR) is 109 cm³/mol. The van der Waals surface area contributed by atoms with Crippen molar-refractivity contribution in [3.8, 4) is 0 Å². The normalized spacial score (nSPS) is 30.5. The molecular weight excluding hydrogens is 341 g/mol. The summed E-state index contributed by atoms with van der Waals surface area (Å²) in [4.78, 5) is 9.53. The molecule has 5 nitrogen and oxygen atoms in total. The highest BCUT2D eigenvalue weighted by Gasteiger charge is 2.35. The summed E-state index contributed by atoms with van der Waals surface area (Å²) in [5, 5.41) is 6.85. The highest BCUT2D eigenvalue weighted by Crippen LogP contribution is 2.32. The van der Waals surface area contributed by atoms with Crippen LogP contribution in [0.1, 0.15) is 42.1 Å². The van der Waals surface area contributed by atoms with E-state index in [1.54, 1.807) is 0 Å². The van der Waals surface area contributed by atoms with Gasteiger partial charge in [-0.3, -0.25) is 9.88 Å². The fraction of sp³-hybridized carbons (Fsp3) is 0.762. The van der Waals surface area contributed by atoms with Crippen LogP contribution in [0, 0.1) is 13.8 Å². The van der Waals surface area contributed by atoms with Crippen LogP contribution in [0.4, 0.5) is 10.1 Å². The standard InChI is InChI=1S/C21H34FN5/c1-15-12-19(17-4-3-6-24-13-17)25-16(2)21(15)27-9-5-20(18(22)14-27)26-10-7-23-8-11-26/h12,17-18,20,23-24H,3-11,13-14H2,1-2H3/t17?,18-,20+/m0/s1. The number of halogens is 1. The van der Waals surface area contributed by atoms with Gasteiger partial charge < -0.3 is 15.5 Å². The number of hydrogen-bond acceptors (Lipinski definition) is 5. The first-order chi connectivity index (χ1) is 13.1. The molecule has 0 spiro atoms. The summed E-state index contributed by atoms with van der Waals surface area (Å²) in [5.41, 5.74) is 4.66. The second-order valence-electron chi connectivity index (χ2n) is 8.45. The quantitative estimate of drug-likeness (QED) is 0.846. The van der Waals surface area contributed by atoms with Crippen molar-refractivity contribution in [3.05, 3.63) is 23.0 Å². The number of hydrogen-bond donors (Lipinski definition) is 2. The van der Waals surface area contributed by atoms with Gasteiger partial charge in [0.2, 0.25) is 0 Å². The average Bonchev–Trinajstić information content (AvgIpc) is 2.69. The minimum Gasteiger partial charge on any atom is -0.367 e. The van der Waals surface area contributed by atoms with E-state index < -0.39 is 6.17 Å². The van der Waals surface area contributed by atoms with Gasteiger partial charge in [-0.15, -0.1) is 0 Å². The molecule has 1 aromatic heterocycles. The van der Waals surface area contributed by atoms with Gasteiger partial charge >= 0.3 is 0 Å². The zero-order chi connectivity index (χ0) is 18.8. The largest absolute Gasteiger partial charge is 0.367 e. The maximum Gasteiger partial charge on any atom is 0.133 e. The first-order valence-corrected chi connectivity index (χ1v) is 10.7. The highest BCUT2D eigenvalue weighted by atomic mass is 19.1. The van der Waals surface area contributed by atoms with Gasteiger partial charge in [0.15, 0.2) is 0 Å². The van der Waals surface area contributed by atoms with Crippen LogP contribution in [0.15, 0.2) is 6.07 Å². The Bertz CT molecular complexity index is 616. The third-order valence-corrected chi connectivity index (χ3v) is 6.54. The van der Waals surface area contributed by atoms with E-state index >= 15 is 4.39 Å². The van der Waals surface area contributed by atoms with Gasteiger partial charge in [0, 0.05) is 56.9 Å². The summed E-state index contributed by atoms with van der Waals surface area (Å²) in [6, 6.07) is 2.32. The lowest BCUT2D eigenvalue weighted by Gasteiger charge is -2.43. The summed E-state index contributed by atoms with van der Waals surface area (Å²) in [6.07, 6.45) is 2.53. The molecule has 0 saturated carbocycles. The Hall–Kier alpha value is -1.24. The Labute approximate surface area is 162 Å². The summed E-state index contributed by atoms with van der Waals surface area (Å²) < 4.78 is 15.1. The lowest BCUT2D eigenvalue weighted by atomic mass is 9.93. The van der Waals surface area contributed by atoms with Crippen LogP contribution in [-0.2, 0) is 0 Å². The fourth-order valence-electron chi connectivity index (χ4n) is 5.17. The van der Waals surface area contributed by atoms with Crippen molar-refractivity contribution in [2.45, 2.75) is 51.2 Å². The van der Waals surface area contributed by atoms with Crippen LogP contribution in [-0.4, -0.2) is 74.5 Å². The summed E-state index contributed by atoms with van der Waals surface area (Å²) >= 11 is 0. The van der Waals surface area contributed by atoms with Crippen molar-refractivity contribution in [2.75, 3.05) is 57.3 Å². The molecule has 0 aromatic carbocycles. The number of aryl methyl sites for hydroxylation is 2. The van der Waals surface area contributed by atoms with Crippen LogP contribution in [0.5, 0.6) is 0 Å². The molecule has 3 atom stereocenters. The molecule has 150 valence electrons. The van der Waals surface area contributed by atoms with Crippen LogP contribution < -0.4 is 15.5 Å². The zero-order valence-electron chi connectivity index (χ0n) is 16.8. The molecule has 6 heteroatoms. The molecule has 2 N–H and O–H groups in total. The zero-order valence-corrected chi connectivity index (χ0v) is 16.8. The SMILES string of the molecule is Cc1cc(C2CCCNC2)nc(C)c1N1CC[C@@H](N2CCNCC2)[C@@H](F)C1. The molecule has 3 aliphatic heterocycles. The second-order valence-corrected chi connectivity index (χ2v) is 8.45. The minimum atomic E-state index is -0.794. The third kappa shape index (κ3) is 4.13. The lowest BCUT2D eigenvalue weighted by molar-refractivity contribution is 0.0822. The fourth-order valence-corrected chi connectivity index (χ4v) is 5.17. The molecule has 3 fully saturated rings. The number of rotatable bonds is 3. The van der Waals surface area contributed by atoms with E-state index in [0.29, 0.717) is 12.5 Å². The van der Waals surface area contributed by atoms with Gasteiger partial charge in [0.1, 0.15) is 6.17 Å². The van der Waals surface area contributed by atoms with Crippen molar-refractivity contribution in [1.29, 1.82) is 0 Å². The van der Waals surface area contributed by atoms with E-state index in [-0.39, 0.29) is 6.04 Å². The lowest BCUT2D eigenvalue weighted by Crippen LogP contribution is -2.57. The number of nitrogens with zero attached hydrogens (tertiary/aromatic N) is 3. The summed E-state index contributed by atoms with van der Waals surface area (Å²) in [7, 11) is 0. The van der Waals surface area contributed by atoms with Crippen molar-refractivity contribution in [2.24, 2.45) is 0 Å². The molecule has 4 heterocycles. The van der Waals surface area contributed by atoms with Gasteiger partial charge in [0.05, 0.1) is 17.9 Å². The van der Waals surface area contributed by atoms with Crippen LogP contribution in [0.2, 0.25) is 0 Å². The molecule has 0 bridgehead atoms. The number of nitrogens with one attached hydrogen (secondary N) is 2. The van der Waals surface area contributed by atoms with E-state index in [9.17, 15) is 0 Å². The van der Waals surface area contributed by atoms with E-state index in [1.165, 1.54) is 24.1 Å². The predicted octanol–water partition coefficient (Wildman–Crippen LogP) is 1.99. The Morgan fingerprint density at radius 2 is 1.89 bits per heavy atom. The van der Waals surface area contributed by atoms with Crippen molar-refractivity contribution in [3.63, 3.8) is 0 Å². The maximum absolute atomic E-state index is 15.1. The first-order valence-electron chi connectivity index (χ1n) is 10.7. The van der Waals surface area contributed by atoms with Crippen LogP contribution >= 0.6 is 0 Å². The van der Waals surface area contributed by atoms with Gasteiger partial charge in [-0.1, -0.05) is 0 Å². The van der Waals surface area contributed by atoms with E-state index in [1.807, 2.05) is 0 Å². The molecule has 0 amide bonds. The van der Waals surface area contributed by atoms with E-state index in [4.69, 9.17) is 4.98 Å². The molecule has 0 aliphatic carbocycles. The Morgan fingerprint density at radius 1 is 1.07 bits per heavy atom. The number of piperazine rings is 1. The highest BCUT2D eigenvalue weighted by molar-refractivity contribution is 5.58.